The predicted octanol–water partition coefficient (Wildman–Crippen LogP) is 2.77. The van der Waals surface area contributed by atoms with E-state index in [1.807, 2.05) is 56.3 Å². The molecular weight excluding hydrogens is 352 g/mol. The summed E-state index contributed by atoms with van der Waals surface area (Å²) in [6, 6.07) is 15.9. The van der Waals surface area contributed by atoms with Crippen LogP contribution >= 0.6 is 0 Å². The molecule has 0 aliphatic carbocycles. The summed E-state index contributed by atoms with van der Waals surface area (Å²) in [7, 11) is 1.81. The molecule has 2 aromatic rings. The second-order valence-corrected chi connectivity index (χ2v) is 7.99. The molecule has 0 radical (unpaired) electrons. The highest BCUT2D eigenvalue weighted by Gasteiger charge is 2.57. The number of benzene rings is 2. The predicted molar refractivity (Wildman–Crippen MR) is 107 cm³/mol. The fraction of sp³-hybridized carbons (Fsp3) is 0.391. The lowest BCUT2D eigenvalue weighted by Gasteiger charge is -2.42. The number of carbonyl (C=O) groups is 2. The lowest BCUT2D eigenvalue weighted by atomic mass is 9.83. The summed E-state index contributed by atoms with van der Waals surface area (Å²) >= 11 is 0. The van der Waals surface area contributed by atoms with Crippen molar-refractivity contribution in [1.29, 1.82) is 0 Å². The maximum atomic E-state index is 13.2. The van der Waals surface area contributed by atoms with Crippen molar-refractivity contribution < 1.29 is 14.3 Å². The van der Waals surface area contributed by atoms with Crippen molar-refractivity contribution in [3.05, 3.63) is 70.8 Å². The molecule has 0 unspecified atom stereocenters. The number of morpholine rings is 1. The van der Waals surface area contributed by atoms with E-state index in [-0.39, 0.29) is 24.3 Å². The van der Waals surface area contributed by atoms with Crippen molar-refractivity contribution in [1.82, 2.24) is 9.80 Å². The van der Waals surface area contributed by atoms with E-state index >= 15 is 0 Å². The minimum absolute atomic E-state index is 0.0383. The average molecular weight is 378 g/mol. The lowest BCUT2D eigenvalue weighted by Crippen LogP contribution is -2.59. The van der Waals surface area contributed by atoms with Gasteiger partial charge in [0, 0.05) is 31.6 Å². The SMILES string of the molecule is Cc1cc(C)cc(C(=O)N2CCO[C@@]3(C2)C(=O)N(C)C[C@@H]3c2ccccc2)c1. The highest BCUT2D eigenvalue weighted by molar-refractivity contribution is 5.96. The number of likely N-dealkylation sites (tertiary alicyclic amines) is 1. The second-order valence-electron chi connectivity index (χ2n) is 7.99. The van der Waals surface area contributed by atoms with Crippen LogP contribution in [0.3, 0.4) is 0 Å². The number of hydrogen-bond acceptors (Lipinski definition) is 3. The summed E-state index contributed by atoms with van der Waals surface area (Å²) in [5.41, 5.74) is 2.85. The standard InChI is InChI=1S/C23H26N2O3/c1-16-11-17(2)13-19(12-16)21(26)25-9-10-28-23(15-25)20(14-24(3)22(23)27)18-7-5-4-6-8-18/h4-8,11-13,20H,9-10,14-15H2,1-3H3/t20-,23-/m1/s1. The molecule has 2 saturated heterocycles. The van der Waals surface area contributed by atoms with Gasteiger partial charge in [-0.1, -0.05) is 47.5 Å². The molecule has 2 aliphatic heterocycles. The van der Waals surface area contributed by atoms with Crippen molar-refractivity contribution in [2.75, 3.05) is 33.3 Å². The van der Waals surface area contributed by atoms with Gasteiger partial charge in [-0.25, -0.2) is 0 Å². The van der Waals surface area contributed by atoms with Gasteiger partial charge in [0.1, 0.15) is 0 Å². The van der Waals surface area contributed by atoms with Crippen molar-refractivity contribution >= 4 is 11.8 Å². The lowest BCUT2D eigenvalue weighted by molar-refractivity contribution is -0.159. The van der Waals surface area contributed by atoms with Crippen LogP contribution in [0.4, 0.5) is 0 Å². The van der Waals surface area contributed by atoms with Crippen LogP contribution in [0.1, 0.15) is 33.0 Å². The molecule has 5 nitrogen and oxygen atoms in total. The Hall–Kier alpha value is -2.66. The van der Waals surface area contributed by atoms with Gasteiger partial charge in [0.25, 0.3) is 11.8 Å². The van der Waals surface area contributed by atoms with Crippen LogP contribution < -0.4 is 0 Å². The Labute approximate surface area is 165 Å². The normalized spacial score (nSPS) is 24.8. The van der Waals surface area contributed by atoms with Crippen molar-refractivity contribution in [3.63, 3.8) is 0 Å². The Morgan fingerprint density at radius 1 is 1.11 bits per heavy atom. The van der Waals surface area contributed by atoms with E-state index in [0.29, 0.717) is 25.3 Å². The fourth-order valence-electron chi connectivity index (χ4n) is 4.58. The Balaban J connectivity index is 1.67. The maximum absolute atomic E-state index is 13.2. The summed E-state index contributed by atoms with van der Waals surface area (Å²) in [6.45, 7) is 5.71. The molecule has 0 saturated carbocycles. The molecule has 5 heteroatoms. The van der Waals surface area contributed by atoms with Crippen LogP contribution in [-0.4, -0.2) is 60.5 Å². The Kier molecular flexibility index (Phi) is 4.71. The van der Waals surface area contributed by atoms with Gasteiger partial charge in [-0.3, -0.25) is 9.59 Å². The van der Waals surface area contributed by atoms with E-state index in [0.717, 1.165) is 16.7 Å². The van der Waals surface area contributed by atoms with Crippen LogP contribution in [0.5, 0.6) is 0 Å². The van der Waals surface area contributed by atoms with Crippen molar-refractivity contribution in [2.45, 2.75) is 25.4 Å². The largest absolute Gasteiger partial charge is 0.361 e. The third-order valence-electron chi connectivity index (χ3n) is 5.83. The highest BCUT2D eigenvalue weighted by Crippen LogP contribution is 2.41. The third kappa shape index (κ3) is 3.10. The molecular formula is C23H26N2O3. The summed E-state index contributed by atoms with van der Waals surface area (Å²) < 4.78 is 6.15. The summed E-state index contributed by atoms with van der Waals surface area (Å²) in [4.78, 5) is 29.9. The van der Waals surface area contributed by atoms with E-state index < -0.39 is 5.60 Å². The third-order valence-corrected chi connectivity index (χ3v) is 5.83. The number of ether oxygens (including phenoxy) is 1. The number of amides is 2. The van der Waals surface area contributed by atoms with Gasteiger partial charge < -0.3 is 14.5 Å². The van der Waals surface area contributed by atoms with E-state index in [4.69, 9.17) is 4.74 Å². The fourth-order valence-corrected chi connectivity index (χ4v) is 4.58. The monoisotopic (exact) mass is 378 g/mol. The Morgan fingerprint density at radius 3 is 2.46 bits per heavy atom. The quantitative estimate of drug-likeness (QED) is 0.807. The maximum Gasteiger partial charge on any atom is 0.257 e. The topological polar surface area (TPSA) is 49.9 Å². The van der Waals surface area contributed by atoms with Crippen molar-refractivity contribution in [2.24, 2.45) is 0 Å². The van der Waals surface area contributed by atoms with Crippen LogP contribution in [-0.2, 0) is 9.53 Å². The molecule has 0 bridgehead atoms. The van der Waals surface area contributed by atoms with E-state index in [1.54, 1.807) is 16.8 Å². The van der Waals surface area contributed by atoms with Gasteiger partial charge in [-0.15, -0.1) is 0 Å². The van der Waals surface area contributed by atoms with E-state index in [2.05, 4.69) is 6.07 Å². The first-order chi connectivity index (χ1) is 13.4. The zero-order chi connectivity index (χ0) is 19.9. The number of carbonyl (C=O) groups excluding carboxylic acids is 2. The number of aryl methyl sites for hydroxylation is 2. The van der Waals surface area contributed by atoms with Crippen LogP contribution in [0.25, 0.3) is 0 Å². The summed E-state index contributed by atoms with van der Waals surface area (Å²) in [6.07, 6.45) is 0. The molecule has 2 aliphatic rings. The molecule has 4 rings (SSSR count). The summed E-state index contributed by atoms with van der Waals surface area (Å²) in [5, 5.41) is 0. The molecule has 28 heavy (non-hydrogen) atoms. The number of likely N-dealkylation sites (N-methyl/N-ethyl adjacent to an activating group) is 1. The second kappa shape index (κ2) is 7.06. The molecule has 2 atom stereocenters. The minimum atomic E-state index is -1.01. The zero-order valence-electron chi connectivity index (χ0n) is 16.6. The number of nitrogens with zero attached hydrogens (tertiary/aromatic N) is 2. The number of rotatable bonds is 2. The average Bonchev–Trinajstić information content (AvgIpc) is 2.92. The van der Waals surface area contributed by atoms with Gasteiger partial charge in [-0.05, 0) is 31.5 Å². The molecule has 146 valence electrons. The first-order valence-electron chi connectivity index (χ1n) is 9.73. The zero-order valence-corrected chi connectivity index (χ0v) is 16.6. The van der Waals surface area contributed by atoms with Gasteiger partial charge in [-0.2, -0.15) is 0 Å². The van der Waals surface area contributed by atoms with Gasteiger partial charge >= 0.3 is 0 Å². The van der Waals surface area contributed by atoms with E-state index in [9.17, 15) is 9.59 Å². The minimum Gasteiger partial charge on any atom is -0.361 e. The molecule has 2 fully saturated rings. The van der Waals surface area contributed by atoms with Crippen LogP contribution in [0, 0.1) is 13.8 Å². The van der Waals surface area contributed by atoms with Crippen LogP contribution in [0.2, 0.25) is 0 Å². The smallest absolute Gasteiger partial charge is 0.257 e. The number of hydrogen-bond donors (Lipinski definition) is 0. The highest BCUT2D eigenvalue weighted by atomic mass is 16.5. The molecule has 2 amide bonds. The molecule has 1 spiro atoms. The molecule has 0 N–H and O–H groups in total. The van der Waals surface area contributed by atoms with E-state index in [1.165, 1.54) is 0 Å². The first-order valence-corrected chi connectivity index (χ1v) is 9.73. The van der Waals surface area contributed by atoms with Gasteiger partial charge in [0.15, 0.2) is 5.60 Å². The first kappa shape index (κ1) is 18.7. The Morgan fingerprint density at radius 2 is 1.79 bits per heavy atom. The molecule has 2 heterocycles. The van der Waals surface area contributed by atoms with Gasteiger partial charge in [0.05, 0.1) is 13.2 Å². The Bertz CT molecular complexity index is 891. The molecule has 2 aromatic carbocycles. The van der Waals surface area contributed by atoms with Crippen LogP contribution in [0.15, 0.2) is 48.5 Å². The summed E-state index contributed by atoms with van der Waals surface area (Å²) in [5.74, 6) is -0.177. The molecule has 0 aromatic heterocycles. The van der Waals surface area contributed by atoms with Gasteiger partial charge in [0.2, 0.25) is 0 Å². The van der Waals surface area contributed by atoms with Crippen molar-refractivity contribution in [3.8, 4) is 0 Å².